The van der Waals surface area contributed by atoms with E-state index in [9.17, 15) is 14.4 Å². The van der Waals surface area contributed by atoms with E-state index < -0.39 is 0 Å². The molecule has 0 aliphatic carbocycles. The highest BCUT2D eigenvalue weighted by Gasteiger charge is 2.40. The van der Waals surface area contributed by atoms with Gasteiger partial charge in [0.2, 0.25) is 12.7 Å². The third-order valence-corrected chi connectivity index (χ3v) is 8.03. The molecule has 2 saturated heterocycles. The summed E-state index contributed by atoms with van der Waals surface area (Å²) in [4.78, 5) is 45.4. The van der Waals surface area contributed by atoms with Crippen LogP contribution in [-0.2, 0) is 11.3 Å². The molecule has 1 unspecified atom stereocenters. The largest absolute Gasteiger partial charge is 0.454 e. The summed E-state index contributed by atoms with van der Waals surface area (Å²) in [5.41, 5.74) is 2.51. The van der Waals surface area contributed by atoms with Crippen LogP contribution in [0.5, 0.6) is 11.5 Å². The Bertz CT molecular complexity index is 1220. The summed E-state index contributed by atoms with van der Waals surface area (Å²) in [6.45, 7) is 4.75. The number of hydrogen-bond donors (Lipinski definition) is 0. The Kier molecular flexibility index (Phi) is 5.82. The minimum atomic E-state index is -0.279. The van der Waals surface area contributed by atoms with E-state index >= 15 is 0 Å². The molecule has 6 rings (SSSR count). The van der Waals surface area contributed by atoms with E-state index in [2.05, 4.69) is 16.7 Å². The van der Waals surface area contributed by atoms with E-state index in [1.54, 1.807) is 12.1 Å². The van der Waals surface area contributed by atoms with Crippen molar-refractivity contribution in [2.24, 2.45) is 5.92 Å². The Morgan fingerprint density at radius 3 is 2.56 bits per heavy atom. The zero-order valence-electron chi connectivity index (χ0n) is 20.6. The van der Waals surface area contributed by atoms with Gasteiger partial charge in [-0.15, -0.1) is 0 Å². The van der Waals surface area contributed by atoms with Crippen molar-refractivity contribution in [1.82, 2.24) is 9.80 Å². The molecule has 0 bridgehead atoms. The lowest BCUT2D eigenvalue weighted by Gasteiger charge is -2.39. The molecule has 0 spiro atoms. The predicted molar refractivity (Wildman–Crippen MR) is 133 cm³/mol. The second-order valence-electron chi connectivity index (χ2n) is 10.2. The molecule has 188 valence electrons. The number of ether oxygens (including phenoxy) is 2. The number of carbonyl (C=O) groups is 3. The monoisotopic (exact) mass is 489 g/mol. The number of piperidine rings is 2. The molecule has 2 aromatic carbocycles. The van der Waals surface area contributed by atoms with Crippen molar-refractivity contribution >= 4 is 23.4 Å². The van der Waals surface area contributed by atoms with Gasteiger partial charge in [-0.3, -0.25) is 19.3 Å². The van der Waals surface area contributed by atoms with Crippen molar-refractivity contribution in [1.29, 1.82) is 0 Å². The first-order chi connectivity index (χ1) is 17.5. The maximum Gasteiger partial charge on any atom is 0.263 e. The average molecular weight is 490 g/mol. The lowest BCUT2D eigenvalue weighted by Crippen LogP contribution is -2.48. The van der Waals surface area contributed by atoms with Gasteiger partial charge in [0.15, 0.2) is 11.5 Å². The molecular formula is C28H31N3O5. The van der Waals surface area contributed by atoms with Gasteiger partial charge in [0.05, 0.1) is 23.4 Å². The van der Waals surface area contributed by atoms with Crippen molar-refractivity contribution in [3.63, 3.8) is 0 Å². The molecule has 4 aliphatic rings. The zero-order chi connectivity index (χ0) is 24.8. The number of carbonyl (C=O) groups excluding carboxylic acids is 3. The fourth-order valence-corrected chi connectivity index (χ4v) is 5.97. The fraction of sp³-hybridized carbons (Fsp3) is 0.464. The van der Waals surface area contributed by atoms with Crippen LogP contribution in [0.3, 0.4) is 0 Å². The van der Waals surface area contributed by atoms with E-state index in [-0.39, 0.29) is 37.0 Å². The highest BCUT2D eigenvalue weighted by molar-refractivity contribution is 6.23. The maximum absolute atomic E-state index is 13.5. The van der Waals surface area contributed by atoms with Gasteiger partial charge in [-0.25, -0.2) is 0 Å². The van der Waals surface area contributed by atoms with E-state index in [4.69, 9.17) is 9.47 Å². The molecule has 2 fully saturated rings. The number of benzene rings is 2. The molecular weight excluding hydrogens is 458 g/mol. The number of amides is 3. The lowest BCUT2D eigenvalue weighted by atomic mass is 9.92. The van der Waals surface area contributed by atoms with Crippen molar-refractivity contribution in [2.75, 3.05) is 31.3 Å². The Balaban J connectivity index is 1.17. The molecule has 8 nitrogen and oxygen atoms in total. The Morgan fingerprint density at radius 1 is 0.944 bits per heavy atom. The van der Waals surface area contributed by atoms with Crippen molar-refractivity contribution < 1.29 is 23.9 Å². The normalized spacial score (nSPS) is 21.8. The number of hydrogen-bond acceptors (Lipinski definition) is 6. The summed E-state index contributed by atoms with van der Waals surface area (Å²) in [6.07, 6.45) is 4.88. The minimum Gasteiger partial charge on any atom is -0.454 e. The first kappa shape index (κ1) is 22.9. The van der Waals surface area contributed by atoms with Crippen LogP contribution in [0, 0.1) is 5.92 Å². The van der Waals surface area contributed by atoms with E-state index in [1.165, 1.54) is 11.3 Å². The number of fused-ring (bicyclic) bond motifs is 2. The molecule has 3 amide bonds. The van der Waals surface area contributed by atoms with Crippen LogP contribution >= 0.6 is 0 Å². The number of anilines is 1. The summed E-state index contributed by atoms with van der Waals surface area (Å²) in [5, 5.41) is 0. The number of likely N-dealkylation sites (tertiary alicyclic amines) is 1. The quantitative estimate of drug-likeness (QED) is 0.608. The summed E-state index contributed by atoms with van der Waals surface area (Å²) >= 11 is 0. The van der Waals surface area contributed by atoms with Gasteiger partial charge in [-0.2, -0.15) is 0 Å². The smallest absolute Gasteiger partial charge is 0.263 e. The van der Waals surface area contributed by atoms with Gasteiger partial charge in [0.25, 0.3) is 11.8 Å². The summed E-state index contributed by atoms with van der Waals surface area (Å²) in [5.74, 6) is 1.04. The van der Waals surface area contributed by atoms with Gasteiger partial charge in [-0.05, 0) is 68.9 Å². The molecule has 36 heavy (non-hydrogen) atoms. The molecule has 0 radical (unpaired) electrons. The standard InChI is InChI=1S/C28H31N3O5/c1-18-5-2-3-12-30(18)26(32)20-10-13-29(14-11-20)22-7-4-6-21-25(22)28(34)31(27(21)33)16-19-8-9-23-24(15-19)36-17-35-23/h4,6-9,15,18,20H,2-3,5,10-14,16-17H2,1H3. The molecule has 8 heteroatoms. The SMILES string of the molecule is CC1CCCCN1C(=O)C1CCN(c2cccc3c2C(=O)N(Cc2ccc4c(c2)OCO4)C3=O)CC1. The highest BCUT2D eigenvalue weighted by atomic mass is 16.7. The first-order valence-corrected chi connectivity index (χ1v) is 12.9. The molecule has 4 aliphatic heterocycles. The van der Waals surface area contributed by atoms with E-state index in [1.807, 2.05) is 24.3 Å². The van der Waals surface area contributed by atoms with Crippen LogP contribution in [0.1, 0.15) is 65.3 Å². The van der Waals surface area contributed by atoms with Crippen molar-refractivity contribution in [2.45, 2.75) is 51.6 Å². The maximum atomic E-state index is 13.5. The average Bonchev–Trinajstić information content (AvgIpc) is 3.47. The van der Waals surface area contributed by atoms with Crippen LogP contribution in [0.25, 0.3) is 0 Å². The number of imide groups is 1. The van der Waals surface area contributed by atoms with Gasteiger partial charge in [0, 0.05) is 31.6 Å². The molecule has 2 aromatic rings. The fourth-order valence-electron chi connectivity index (χ4n) is 5.97. The van der Waals surface area contributed by atoms with E-state index in [0.29, 0.717) is 41.8 Å². The Labute approximate surface area is 210 Å². The summed E-state index contributed by atoms with van der Waals surface area (Å²) < 4.78 is 10.8. The lowest BCUT2D eigenvalue weighted by molar-refractivity contribution is -0.139. The highest BCUT2D eigenvalue weighted by Crippen LogP contribution is 2.37. The minimum absolute atomic E-state index is 0.0263. The zero-order valence-corrected chi connectivity index (χ0v) is 20.6. The Hall–Kier alpha value is -3.55. The third kappa shape index (κ3) is 3.88. The first-order valence-electron chi connectivity index (χ1n) is 12.9. The van der Waals surface area contributed by atoms with Crippen LogP contribution in [-0.4, -0.2) is 60.0 Å². The van der Waals surface area contributed by atoms with Crippen molar-refractivity contribution in [3.05, 3.63) is 53.1 Å². The van der Waals surface area contributed by atoms with Crippen LogP contribution < -0.4 is 14.4 Å². The summed E-state index contributed by atoms with van der Waals surface area (Å²) in [7, 11) is 0. The molecule has 0 N–H and O–H groups in total. The molecule has 0 aromatic heterocycles. The molecule has 0 saturated carbocycles. The number of nitrogens with zero attached hydrogens (tertiary/aromatic N) is 3. The van der Waals surface area contributed by atoms with Gasteiger partial charge in [0.1, 0.15) is 0 Å². The predicted octanol–water partition coefficient (Wildman–Crippen LogP) is 3.83. The van der Waals surface area contributed by atoms with Gasteiger partial charge in [-0.1, -0.05) is 12.1 Å². The molecule has 1 atom stereocenters. The third-order valence-electron chi connectivity index (χ3n) is 8.03. The van der Waals surface area contributed by atoms with Gasteiger partial charge >= 0.3 is 0 Å². The summed E-state index contributed by atoms with van der Waals surface area (Å²) in [6, 6.07) is 11.3. The van der Waals surface area contributed by atoms with E-state index in [0.717, 1.165) is 43.5 Å². The van der Waals surface area contributed by atoms with Crippen LogP contribution in [0.2, 0.25) is 0 Å². The topological polar surface area (TPSA) is 79.4 Å². The second kappa shape index (κ2) is 9.15. The second-order valence-corrected chi connectivity index (χ2v) is 10.2. The number of rotatable bonds is 4. The van der Waals surface area contributed by atoms with Crippen LogP contribution in [0.15, 0.2) is 36.4 Å². The molecule has 4 heterocycles. The van der Waals surface area contributed by atoms with Crippen LogP contribution in [0.4, 0.5) is 5.69 Å². The van der Waals surface area contributed by atoms with Gasteiger partial charge < -0.3 is 19.3 Å². The Morgan fingerprint density at radius 2 is 1.75 bits per heavy atom. The van der Waals surface area contributed by atoms with Crippen molar-refractivity contribution in [3.8, 4) is 11.5 Å².